The van der Waals surface area contributed by atoms with E-state index in [4.69, 9.17) is 4.74 Å². The number of ether oxygens (including phenoxy) is 1. The van der Waals surface area contributed by atoms with Gasteiger partial charge >= 0.3 is 0 Å². The summed E-state index contributed by atoms with van der Waals surface area (Å²) in [6.45, 7) is 7.73. The Balaban J connectivity index is 1.92. The number of para-hydroxylation sites is 1. The van der Waals surface area contributed by atoms with Crippen LogP contribution < -0.4 is 4.90 Å². The summed E-state index contributed by atoms with van der Waals surface area (Å²) in [6, 6.07) is 8.14. The molecule has 168 valence electrons. The maximum Gasteiger partial charge on any atom is 0.252 e. The highest BCUT2D eigenvalue weighted by molar-refractivity contribution is 5.95. The van der Waals surface area contributed by atoms with Crippen molar-refractivity contribution in [3.05, 3.63) is 42.5 Å². The van der Waals surface area contributed by atoms with Crippen molar-refractivity contribution in [2.75, 3.05) is 44.8 Å². The van der Waals surface area contributed by atoms with Gasteiger partial charge in [-0.15, -0.1) is 0 Å². The van der Waals surface area contributed by atoms with Gasteiger partial charge in [0.1, 0.15) is 25.8 Å². The number of nitrogens with zero attached hydrogens (tertiary/aromatic N) is 6. The number of carbonyl (C=O) groups is 2. The number of aromatic nitrogens is 3. The molecular formula is C22H32N6O3. The number of fused-ring (bicyclic) bond motifs is 1. The average molecular weight is 429 g/mol. The Hall–Kier alpha value is -2.78. The SMILES string of the molecule is COCC(=O)N1CCCN(C(C)C)CCN(C(=O)Cn2cncn2)Cc2ccccc21. The molecule has 0 atom stereocenters. The minimum absolute atomic E-state index is 0.0250. The second-order valence-corrected chi connectivity index (χ2v) is 8.00. The number of methoxy groups -OCH3 is 1. The predicted molar refractivity (Wildman–Crippen MR) is 117 cm³/mol. The summed E-state index contributed by atoms with van der Waals surface area (Å²) in [5.41, 5.74) is 1.78. The van der Waals surface area contributed by atoms with Gasteiger partial charge in [0.25, 0.3) is 5.91 Å². The van der Waals surface area contributed by atoms with E-state index in [9.17, 15) is 9.59 Å². The summed E-state index contributed by atoms with van der Waals surface area (Å²) >= 11 is 0. The van der Waals surface area contributed by atoms with Crippen molar-refractivity contribution in [2.24, 2.45) is 0 Å². The molecule has 2 heterocycles. The number of amides is 2. The van der Waals surface area contributed by atoms with Gasteiger partial charge in [0.15, 0.2) is 0 Å². The molecule has 0 bridgehead atoms. The van der Waals surface area contributed by atoms with Crippen LogP contribution in [0.1, 0.15) is 25.8 Å². The van der Waals surface area contributed by atoms with E-state index in [-0.39, 0.29) is 25.0 Å². The fourth-order valence-electron chi connectivity index (χ4n) is 3.85. The van der Waals surface area contributed by atoms with E-state index < -0.39 is 0 Å². The molecule has 1 aliphatic heterocycles. The molecule has 1 aromatic carbocycles. The van der Waals surface area contributed by atoms with E-state index in [2.05, 4.69) is 28.8 Å². The Labute approximate surface area is 183 Å². The maximum atomic E-state index is 13.1. The highest BCUT2D eigenvalue weighted by Gasteiger charge is 2.24. The molecule has 0 unspecified atom stereocenters. The van der Waals surface area contributed by atoms with Crippen LogP contribution in [0.5, 0.6) is 0 Å². The number of benzene rings is 1. The van der Waals surface area contributed by atoms with Crippen molar-refractivity contribution in [1.29, 1.82) is 0 Å². The topological polar surface area (TPSA) is 83.8 Å². The van der Waals surface area contributed by atoms with Gasteiger partial charge in [-0.25, -0.2) is 9.67 Å². The Bertz CT molecular complexity index is 855. The van der Waals surface area contributed by atoms with Crippen molar-refractivity contribution in [2.45, 2.75) is 39.4 Å². The minimum atomic E-state index is -0.0780. The van der Waals surface area contributed by atoms with Crippen LogP contribution in [0.2, 0.25) is 0 Å². The van der Waals surface area contributed by atoms with Crippen LogP contribution in [0, 0.1) is 0 Å². The molecule has 2 aromatic rings. The molecule has 1 aromatic heterocycles. The van der Waals surface area contributed by atoms with E-state index in [0.717, 1.165) is 30.8 Å². The zero-order chi connectivity index (χ0) is 22.2. The molecule has 9 heteroatoms. The zero-order valence-corrected chi connectivity index (χ0v) is 18.6. The number of rotatable bonds is 5. The van der Waals surface area contributed by atoms with Crippen molar-refractivity contribution >= 4 is 17.5 Å². The molecule has 0 saturated carbocycles. The quantitative estimate of drug-likeness (QED) is 0.716. The third kappa shape index (κ3) is 6.11. The standard InChI is InChI=1S/C22H32N6O3/c1-18(2)25-9-6-10-28(22(30)15-31-3)20-8-5-4-7-19(20)13-26(12-11-25)21(29)14-27-17-23-16-24-27/h4-5,7-8,16-18H,6,9-15H2,1-3H3. The van der Waals surface area contributed by atoms with Crippen LogP contribution in [0.15, 0.2) is 36.9 Å². The Morgan fingerprint density at radius 2 is 1.90 bits per heavy atom. The molecule has 0 saturated heterocycles. The number of carbonyl (C=O) groups excluding carboxylic acids is 2. The van der Waals surface area contributed by atoms with Crippen LogP contribution in [-0.4, -0.2) is 82.3 Å². The first-order valence-electron chi connectivity index (χ1n) is 10.7. The third-order valence-electron chi connectivity index (χ3n) is 5.54. The molecule has 1 aliphatic rings. The summed E-state index contributed by atoms with van der Waals surface area (Å²) in [5, 5.41) is 4.07. The van der Waals surface area contributed by atoms with Gasteiger partial charge in [0.05, 0.1) is 0 Å². The second kappa shape index (κ2) is 11.0. The molecule has 0 aliphatic carbocycles. The lowest BCUT2D eigenvalue weighted by Gasteiger charge is -2.30. The summed E-state index contributed by atoms with van der Waals surface area (Å²) in [4.78, 5) is 35.9. The van der Waals surface area contributed by atoms with Gasteiger partial charge in [0, 0.05) is 51.6 Å². The van der Waals surface area contributed by atoms with E-state index >= 15 is 0 Å². The Morgan fingerprint density at radius 3 is 2.61 bits per heavy atom. The van der Waals surface area contributed by atoms with Crippen LogP contribution in [0.25, 0.3) is 0 Å². The summed E-state index contributed by atoms with van der Waals surface area (Å²) in [6.07, 6.45) is 3.81. The fraction of sp³-hybridized carbons (Fsp3) is 0.545. The van der Waals surface area contributed by atoms with Crippen LogP contribution in [0.4, 0.5) is 5.69 Å². The van der Waals surface area contributed by atoms with Gasteiger partial charge in [-0.3, -0.25) is 14.5 Å². The first kappa shape index (κ1) is 22.9. The van der Waals surface area contributed by atoms with Crippen LogP contribution in [-0.2, 0) is 27.4 Å². The largest absolute Gasteiger partial charge is 0.375 e. The lowest BCUT2D eigenvalue weighted by Crippen LogP contribution is -2.42. The van der Waals surface area contributed by atoms with Crippen LogP contribution >= 0.6 is 0 Å². The van der Waals surface area contributed by atoms with Crippen molar-refractivity contribution in [3.8, 4) is 0 Å². The third-order valence-corrected chi connectivity index (χ3v) is 5.54. The Morgan fingerprint density at radius 1 is 1.10 bits per heavy atom. The molecule has 2 amide bonds. The van der Waals surface area contributed by atoms with Gasteiger partial charge in [-0.2, -0.15) is 5.10 Å². The zero-order valence-electron chi connectivity index (χ0n) is 18.6. The van der Waals surface area contributed by atoms with Crippen molar-refractivity contribution in [3.63, 3.8) is 0 Å². The smallest absolute Gasteiger partial charge is 0.252 e. The summed E-state index contributed by atoms with van der Waals surface area (Å²) < 4.78 is 6.66. The second-order valence-electron chi connectivity index (χ2n) is 8.00. The van der Waals surface area contributed by atoms with Crippen molar-refractivity contribution < 1.29 is 14.3 Å². The Kier molecular flexibility index (Phi) is 8.13. The predicted octanol–water partition coefficient (Wildman–Crippen LogP) is 1.40. The normalized spacial score (nSPS) is 16.1. The number of hydrogen-bond donors (Lipinski definition) is 0. The van der Waals surface area contributed by atoms with Crippen molar-refractivity contribution in [1.82, 2.24) is 24.6 Å². The van der Waals surface area contributed by atoms with E-state index in [1.807, 2.05) is 29.2 Å². The van der Waals surface area contributed by atoms with E-state index in [1.165, 1.54) is 18.1 Å². The summed E-state index contributed by atoms with van der Waals surface area (Å²) in [7, 11) is 1.53. The molecule has 0 radical (unpaired) electrons. The van der Waals surface area contributed by atoms with E-state index in [0.29, 0.717) is 25.7 Å². The molecule has 9 nitrogen and oxygen atoms in total. The molecule has 31 heavy (non-hydrogen) atoms. The van der Waals surface area contributed by atoms with Gasteiger partial charge < -0.3 is 14.5 Å². The molecule has 0 fully saturated rings. The molecule has 0 spiro atoms. The molecular weight excluding hydrogens is 396 g/mol. The first-order valence-corrected chi connectivity index (χ1v) is 10.7. The summed E-state index contributed by atoms with van der Waals surface area (Å²) in [5.74, 6) is -0.108. The van der Waals surface area contributed by atoms with E-state index in [1.54, 1.807) is 11.2 Å². The average Bonchev–Trinajstić information content (AvgIpc) is 3.24. The van der Waals surface area contributed by atoms with Gasteiger partial charge in [-0.1, -0.05) is 18.2 Å². The minimum Gasteiger partial charge on any atom is -0.375 e. The fourth-order valence-corrected chi connectivity index (χ4v) is 3.85. The lowest BCUT2D eigenvalue weighted by molar-refractivity contribution is -0.133. The first-order chi connectivity index (χ1) is 15.0. The van der Waals surface area contributed by atoms with Gasteiger partial charge in [0.2, 0.25) is 5.91 Å². The van der Waals surface area contributed by atoms with Crippen LogP contribution in [0.3, 0.4) is 0 Å². The number of anilines is 1. The highest BCUT2D eigenvalue weighted by atomic mass is 16.5. The maximum absolute atomic E-state index is 13.1. The highest BCUT2D eigenvalue weighted by Crippen LogP contribution is 2.24. The van der Waals surface area contributed by atoms with Gasteiger partial charge in [-0.05, 0) is 31.9 Å². The molecule has 3 rings (SSSR count). The number of hydrogen-bond acceptors (Lipinski definition) is 6. The lowest BCUT2D eigenvalue weighted by atomic mass is 10.1. The molecule has 0 N–H and O–H groups in total. The monoisotopic (exact) mass is 428 g/mol.